The number of aliphatic carboxylic acids is 1. The molecule has 2 unspecified atom stereocenters. The first-order valence-corrected chi connectivity index (χ1v) is 6.73. The van der Waals surface area contributed by atoms with Crippen LogP contribution in [0.2, 0.25) is 0 Å². The fourth-order valence-electron chi connectivity index (χ4n) is 2.77. The van der Waals surface area contributed by atoms with Gasteiger partial charge in [-0.05, 0) is 25.7 Å². The highest BCUT2D eigenvalue weighted by Gasteiger charge is 2.33. The Labute approximate surface area is 116 Å². The van der Waals surface area contributed by atoms with Crippen LogP contribution in [0.5, 0.6) is 0 Å². The van der Waals surface area contributed by atoms with Gasteiger partial charge in [-0.15, -0.1) is 0 Å². The van der Waals surface area contributed by atoms with Gasteiger partial charge in [0, 0.05) is 18.3 Å². The predicted molar refractivity (Wildman–Crippen MR) is 72.7 cm³/mol. The van der Waals surface area contributed by atoms with Crippen molar-refractivity contribution in [3.63, 3.8) is 0 Å². The maximum atomic E-state index is 11.5. The van der Waals surface area contributed by atoms with E-state index >= 15 is 0 Å². The molecule has 1 N–H and O–H groups in total. The Hall–Kier alpha value is -2.18. The largest absolute Gasteiger partial charge is 0.480 e. The quantitative estimate of drug-likeness (QED) is 0.884. The number of aromatic nitrogens is 4. The van der Waals surface area contributed by atoms with Crippen molar-refractivity contribution in [2.75, 3.05) is 11.4 Å². The maximum Gasteiger partial charge on any atom is 0.326 e. The fraction of sp³-hybridized carbons (Fsp3) is 0.538. The Balaban J connectivity index is 2.08. The van der Waals surface area contributed by atoms with Crippen LogP contribution in [0, 0.1) is 12.8 Å². The second-order valence-corrected chi connectivity index (χ2v) is 5.40. The lowest BCUT2D eigenvalue weighted by atomic mass is 9.92. The van der Waals surface area contributed by atoms with Crippen molar-refractivity contribution in [2.24, 2.45) is 5.92 Å². The molecule has 2 atom stereocenters. The van der Waals surface area contributed by atoms with Crippen LogP contribution in [0.15, 0.2) is 12.4 Å². The minimum Gasteiger partial charge on any atom is -0.480 e. The molecule has 0 radical (unpaired) electrons. The zero-order chi connectivity index (χ0) is 14.3. The number of hydrogen-bond acceptors (Lipinski definition) is 5. The molecule has 1 aliphatic rings. The van der Waals surface area contributed by atoms with E-state index in [4.69, 9.17) is 0 Å². The minimum atomic E-state index is -0.792. The summed E-state index contributed by atoms with van der Waals surface area (Å²) in [5.74, 6) is 0.882. The first-order chi connectivity index (χ1) is 9.56. The Bertz CT molecular complexity index is 653. The summed E-state index contributed by atoms with van der Waals surface area (Å²) in [6.45, 7) is 4.67. The Morgan fingerprint density at radius 2 is 2.30 bits per heavy atom. The van der Waals surface area contributed by atoms with Crippen LogP contribution in [0.1, 0.15) is 25.5 Å². The van der Waals surface area contributed by atoms with Crippen LogP contribution in [-0.4, -0.2) is 43.2 Å². The van der Waals surface area contributed by atoms with Gasteiger partial charge in [0.05, 0.1) is 0 Å². The number of aryl methyl sites for hydroxylation is 1. The third kappa shape index (κ3) is 2.09. The SMILES string of the molecule is Cc1cc(N2CCC(C)CC2C(=O)O)n2ncnc2n1. The average Bonchev–Trinajstić information content (AvgIpc) is 2.85. The molecule has 1 fully saturated rings. The molecule has 3 rings (SSSR count). The van der Waals surface area contributed by atoms with Crippen molar-refractivity contribution in [1.29, 1.82) is 0 Å². The van der Waals surface area contributed by atoms with E-state index in [1.54, 1.807) is 4.52 Å². The van der Waals surface area contributed by atoms with E-state index in [-0.39, 0.29) is 0 Å². The third-order valence-corrected chi connectivity index (χ3v) is 3.81. The molecule has 2 aromatic heterocycles. The van der Waals surface area contributed by atoms with Crippen LogP contribution in [0.3, 0.4) is 0 Å². The van der Waals surface area contributed by atoms with Crippen molar-refractivity contribution < 1.29 is 9.90 Å². The number of carboxylic acids is 1. The summed E-state index contributed by atoms with van der Waals surface area (Å²) in [4.78, 5) is 21.8. The molecule has 2 aromatic rings. The van der Waals surface area contributed by atoms with Crippen LogP contribution in [-0.2, 0) is 4.79 Å². The molecular weight excluding hydrogens is 258 g/mol. The van der Waals surface area contributed by atoms with Crippen molar-refractivity contribution in [2.45, 2.75) is 32.7 Å². The van der Waals surface area contributed by atoms with E-state index in [9.17, 15) is 9.90 Å². The molecule has 0 saturated carbocycles. The van der Waals surface area contributed by atoms with Gasteiger partial charge in [0.25, 0.3) is 5.78 Å². The van der Waals surface area contributed by atoms with E-state index < -0.39 is 12.0 Å². The van der Waals surface area contributed by atoms with Gasteiger partial charge in [-0.25, -0.2) is 9.78 Å². The number of rotatable bonds is 2. The van der Waals surface area contributed by atoms with Crippen LogP contribution < -0.4 is 4.90 Å². The summed E-state index contributed by atoms with van der Waals surface area (Å²) in [7, 11) is 0. The van der Waals surface area contributed by atoms with E-state index in [0.29, 0.717) is 24.7 Å². The summed E-state index contributed by atoms with van der Waals surface area (Å²) >= 11 is 0. The Morgan fingerprint density at radius 3 is 3.05 bits per heavy atom. The molecule has 0 bridgehead atoms. The van der Waals surface area contributed by atoms with Crippen LogP contribution in [0.4, 0.5) is 5.82 Å². The van der Waals surface area contributed by atoms with E-state index in [0.717, 1.165) is 17.9 Å². The molecule has 0 aromatic carbocycles. The number of carboxylic acid groups (broad SMARTS) is 1. The van der Waals surface area contributed by atoms with Crippen molar-refractivity contribution >= 4 is 17.6 Å². The number of piperidine rings is 1. The molecule has 106 valence electrons. The predicted octanol–water partition coefficient (Wildman–Crippen LogP) is 1.12. The zero-order valence-electron chi connectivity index (χ0n) is 11.5. The van der Waals surface area contributed by atoms with E-state index in [2.05, 4.69) is 22.0 Å². The summed E-state index contributed by atoms with van der Waals surface area (Å²) in [6.07, 6.45) is 3.06. The van der Waals surface area contributed by atoms with Gasteiger partial charge in [0.1, 0.15) is 18.2 Å². The van der Waals surface area contributed by atoms with E-state index in [1.165, 1.54) is 6.33 Å². The highest BCUT2D eigenvalue weighted by molar-refractivity contribution is 5.78. The molecule has 3 heterocycles. The number of fused-ring (bicyclic) bond motifs is 1. The normalized spacial score (nSPS) is 23.2. The summed E-state index contributed by atoms with van der Waals surface area (Å²) < 4.78 is 1.61. The highest BCUT2D eigenvalue weighted by atomic mass is 16.4. The first-order valence-electron chi connectivity index (χ1n) is 6.73. The van der Waals surface area contributed by atoms with Gasteiger partial charge in [-0.1, -0.05) is 6.92 Å². The topological polar surface area (TPSA) is 83.6 Å². The molecule has 20 heavy (non-hydrogen) atoms. The molecule has 7 heteroatoms. The molecule has 1 aliphatic heterocycles. The standard InChI is InChI=1S/C13H17N5O2/c1-8-3-4-17(10(5-8)12(19)20)11-6-9(2)16-13-14-7-15-18(11)13/h6-8,10H,3-5H2,1-2H3,(H,19,20). The van der Waals surface area contributed by atoms with Crippen molar-refractivity contribution in [3.05, 3.63) is 18.1 Å². The van der Waals surface area contributed by atoms with Crippen LogP contribution in [0.25, 0.3) is 5.78 Å². The molecule has 0 aliphatic carbocycles. The van der Waals surface area contributed by atoms with Gasteiger partial charge in [-0.3, -0.25) is 0 Å². The third-order valence-electron chi connectivity index (χ3n) is 3.81. The number of carbonyl (C=O) groups is 1. The Morgan fingerprint density at radius 1 is 1.50 bits per heavy atom. The zero-order valence-corrected chi connectivity index (χ0v) is 11.5. The van der Waals surface area contributed by atoms with Gasteiger partial charge < -0.3 is 10.0 Å². The lowest BCUT2D eigenvalue weighted by Gasteiger charge is -2.37. The summed E-state index contributed by atoms with van der Waals surface area (Å²) in [6, 6.07) is 1.35. The van der Waals surface area contributed by atoms with Crippen molar-refractivity contribution in [3.8, 4) is 0 Å². The minimum absolute atomic E-state index is 0.418. The highest BCUT2D eigenvalue weighted by Crippen LogP contribution is 2.28. The van der Waals surface area contributed by atoms with Crippen molar-refractivity contribution in [1.82, 2.24) is 19.6 Å². The lowest BCUT2D eigenvalue weighted by Crippen LogP contribution is -2.47. The first kappa shape index (κ1) is 12.8. The lowest BCUT2D eigenvalue weighted by molar-refractivity contribution is -0.139. The number of anilines is 1. The van der Waals surface area contributed by atoms with Gasteiger partial charge in [0.2, 0.25) is 0 Å². The van der Waals surface area contributed by atoms with E-state index in [1.807, 2.05) is 17.9 Å². The second-order valence-electron chi connectivity index (χ2n) is 5.40. The van der Waals surface area contributed by atoms with Gasteiger partial charge >= 0.3 is 5.97 Å². The molecule has 0 amide bonds. The molecular formula is C13H17N5O2. The molecule has 7 nitrogen and oxygen atoms in total. The smallest absolute Gasteiger partial charge is 0.326 e. The van der Waals surface area contributed by atoms with Gasteiger partial charge in [-0.2, -0.15) is 14.6 Å². The molecule has 1 saturated heterocycles. The molecule has 0 spiro atoms. The average molecular weight is 275 g/mol. The maximum absolute atomic E-state index is 11.5. The monoisotopic (exact) mass is 275 g/mol. The fourth-order valence-corrected chi connectivity index (χ4v) is 2.77. The summed E-state index contributed by atoms with van der Waals surface area (Å²) in [5.41, 5.74) is 0.809. The van der Waals surface area contributed by atoms with Crippen LogP contribution >= 0.6 is 0 Å². The Kier molecular flexibility index (Phi) is 3.04. The number of nitrogens with zero attached hydrogens (tertiary/aromatic N) is 5. The summed E-state index contributed by atoms with van der Waals surface area (Å²) in [5, 5.41) is 13.6. The second kappa shape index (κ2) is 4.73. The van der Waals surface area contributed by atoms with Gasteiger partial charge in [0.15, 0.2) is 0 Å². The number of hydrogen-bond donors (Lipinski definition) is 1.